The molecule has 0 aromatic heterocycles. The van der Waals surface area contributed by atoms with Gasteiger partial charge in [-0.2, -0.15) is 0 Å². The van der Waals surface area contributed by atoms with Crippen molar-refractivity contribution in [2.24, 2.45) is 0 Å². The summed E-state index contributed by atoms with van der Waals surface area (Å²) >= 11 is 0. The molecule has 24 heavy (non-hydrogen) atoms. The van der Waals surface area contributed by atoms with E-state index in [0.29, 0.717) is 5.56 Å². The zero-order valence-electron chi connectivity index (χ0n) is 14.8. The van der Waals surface area contributed by atoms with Gasteiger partial charge >= 0.3 is 5.97 Å². The molecule has 2 aromatic rings. The van der Waals surface area contributed by atoms with Crippen molar-refractivity contribution in [3.8, 4) is 11.5 Å². The Morgan fingerprint density at radius 1 is 1.12 bits per heavy atom. The Kier molecular flexibility index (Phi) is 4.88. The number of aryl methyl sites for hydroxylation is 1. The van der Waals surface area contributed by atoms with Gasteiger partial charge in [-0.15, -0.1) is 0 Å². The van der Waals surface area contributed by atoms with Gasteiger partial charge in [0.15, 0.2) is 0 Å². The van der Waals surface area contributed by atoms with Gasteiger partial charge in [0.2, 0.25) is 0 Å². The second-order valence-corrected chi connectivity index (χ2v) is 6.83. The van der Waals surface area contributed by atoms with Crippen LogP contribution in [0.5, 0.6) is 11.5 Å². The second kappa shape index (κ2) is 6.56. The molecule has 0 amide bonds. The zero-order chi connectivity index (χ0) is 18.1. The van der Waals surface area contributed by atoms with Crippen LogP contribution in [-0.2, 0) is 5.41 Å². The van der Waals surface area contributed by atoms with Crippen LogP contribution >= 0.6 is 0 Å². The van der Waals surface area contributed by atoms with Crippen LogP contribution in [0.1, 0.15) is 54.7 Å². The number of aromatic hydroxyl groups is 1. The van der Waals surface area contributed by atoms with Crippen molar-refractivity contribution in [2.45, 2.75) is 46.1 Å². The number of hydrogen-bond acceptors (Lipinski definition) is 3. The molecule has 2 N–H and O–H groups in total. The average molecular weight is 328 g/mol. The van der Waals surface area contributed by atoms with Gasteiger partial charge in [0, 0.05) is 11.0 Å². The van der Waals surface area contributed by atoms with Crippen LogP contribution in [0.4, 0.5) is 0 Å². The molecule has 4 heteroatoms. The second-order valence-electron chi connectivity index (χ2n) is 6.83. The molecule has 0 aliphatic carbocycles. The minimum absolute atomic E-state index is 0.0714. The predicted molar refractivity (Wildman–Crippen MR) is 94.1 cm³/mol. The van der Waals surface area contributed by atoms with Crippen molar-refractivity contribution >= 4 is 5.97 Å². The third-order valence-corrected chi connectivity index (χ3v) is 4.11. The highest BCUT2D eigenvalue weighted by Gasteiger charge is 2.29. The predicted octanol–water partition coefficient (Wildman–Crippen LogP) is 4.51. The van der Waals surface area contributed by atoms with E-state index < -0.39 is 11.4 Å². The Morgan fingerprint density at radius 2 is 1.71 bits per heavy atom. The quantitative estimate of drug-likeness (QED) is 0.847. The summed E-state index contributed by atoms with van der Waals surface area (Å²) in [5.41, 5.74) is 1.75. The topological polar surface area (TPSA) is 66.8 Å². The highest BCUT2D eigenvalue weighted by Crippen LogP contribution is 2.39. The van der Waals surface area contributed by atoms with E-state index in [0.717, 1.165) is 16.9 Å². The van der Waals surface area contributed by atoms with Crippen molar-refractivity contribution in [2.75, 3.05) is 0 Å². The van der Waals surface area contributed by atoms with E-state index >= 15 is 0 Å². The third-order valence-electron chi connectivity index (χ3n) is 4.11. The summed E-state index contributed by atoms with van der Waals surface area (Å²) in [4.78, 5) is 11.4. The van der Waals surface area contributed by atoms with Gasteiger partial charge in [0.05, 0.1) is 6.10 Å². The summed E-state index contributed by atoms with van der Waals surface area (Å²) in [6.45, 7) is 9.69. The number of carbonyl (C=O) groups is 1. The van der Waals surface area contributed by atoms with Gasteiger partial charge < -0.3 is 14.9 Å². The number of aromatic carboxylic acids is 1. The fourth-order valence-corrected chi connectivity index (χ4v) is 2.80. The highest BCUT2D eigenvalue weighted by molar-refractivity contribution is 5.91. The molecular weight excluding hydrogens is 304 g/mol. The standard InChI is InChI=1S/C20H24O4/c1-12(2)24-15-8-6-14(7-9-15)20(4,5)17-11-13(3)10-16(18(17)21)19(22)23/h6-12,21H,1-5H3,(H,22,23). The number of rotatable bonds is 5. The molecule has 0 spiro atoms. The largest absolute Gasteiger partial charge is 0.507 e. The van der Waals surface area contributed by atoms with Crippen molar-refractivity contribution in [3.63, 3.8) is 0 Å². The Balaban J connectivity index is 2.48. The number of benzene rings is 2. The van der Waals surface area contributed by atoms with Crippen molar-refractivity contribution < 1.29 is 19.7 Å². The first-order chi connectivity index (χ1) is 11.1. The van der Waals surface area contributed by atoms with Gasteiger partial charge in [-0.1, -0.05) is 32.0 Å². The monoisotopic (exact) mass is 328 g/mol. The van der Waals surface area contributed by atoms with Crippen LogP contribution < -0.4 is 4.74 Å². The molecule has 2 rings (SSSR count). The molecule has 0 heterocycles. The fraction of sp³-hybridized carbons (Fsp3) is 0.350. The maximum atomic E-state index is 11.4. The van der Waals surface area contributed by atoms with Crippen molar-refractivity contribution in [3.05, 3.63) is 58.7 Å². The van der Waals surface area contributed by atoms with E-state index in [2.05, 4.69) is 0 Å². The van der Waals surface area contributed by atoms with Crippen molar-refractivity contribution in [1.29, 1.82) is 0 Å². The molecule has 0 atom stereocenters. The summed E-state index contributed by atoms with van der Waals surface area (Å²) in [7, 11) is 0. The lowest BCUT2D eigenvalue weighted by Crippen LogP contribution is -2.20. The highest BCUT2D eigenvalue weighted by atomic mass is 16.5. The molecule has 0 fully saturated rings. The van der Waals surface area contributed by atoms with Crippen LogP contribution in [0.3, 0.4) is 0 Å². The zero-order valence-corrected chi connectivity index (χ0v) is 14.8. The lowest BCUT2D eigenvalue weighted by molar-refractivity contribution is 0.0693. The van der Waals surface area contributed by atoms with Gasteiger partial charge in [0.1, 0.15) is 17.1 Å². The SMILES string of the molecule is Cc1cc(C(=O)O)c(O)c(C(C)(C)c2ccc(OC(C)C)cc2)c1. The molecule has 0 radical (unpaired) electrons. The number of ether oxygens (including phenoxy) is 1. The molecule has 128 valence electrons. The first-order valence-electron chi connectivity index (χ1n) is 7.97. The molecular formula is C20H24O4. The van der Waals surface area contributed by atoms with Gasteiger partial charge in [-0.05, 0) is 50.1 Å². The smallest absolute Gasteiger partial charge is 0.339 e. The number of hydrogen-bond donors (Lipinski definition) is 2. The molecule has 4 nitrogen and oxygen atoms in total. The van der Waals surface area contributed by atoms with Crippen LogP contribution in [0.25, 0.3) is 0 Å². The minimum atomic E-state index is -1.13. The molecule has 0 bridgehead atoms. The number of carboxylic acids is 1. The molecule has 2 aromatic carbocycles. The fourth-order valence-electron chi connectivity index (χ4n) is 2.80. The molecule has 0 unspecified atom stereocenters. The summed E-state index contributed by atoms with van der Waals surface area (Å²) < 4.78 is 5.65. The summed E-state index contributed by atoms with van der Waals surface area (Å²) in [6.07, 6.45) is 0.0998. The van der Waals surface area contributed by atoms with Crippen LogP contribution in [0.15, 0.2) is 36.4 Å². The van der Waals surface area contributed by atoms with E-state index in [9.17, 15) is 15.0 Å². The van der Waals surface area contributed by atoms with Crippen molar-refractivity contribution in [1.82, 2.24) is 0 Å². The number of carboxylic acid groups (broad SMARTS) is 1. The van der Waals surface area contributed by atoms with E-state index in [1.807, 2.05) is 65.0 Å². The molecule has 0 saturated carbocycles. The normalized spacial score (nSPS) is 11.6. The van der Waals surface area contributed by atoms with Gasteiger partial charge in [0.25, 0.3) is 0 Å². The molecule has 0 aliphatic rings. The Labute approximate surface area is 142 Å². The summed E-state index contributed by atoms with van der Waals surface area (Å²) in [5.74, 6) is -0.529. The minimum Gasteiger partial charge on any atom is -0.507 e. The number of phenols is 1. The van der Waals surface area contributed by atoms with E-state index in [1.165, 1.54) is 6.07 Å². The molecule has 0 saturated heterocycles. The first-order valence-corrected chi connectivity index (χ1v) is 7.97. The van der Waals surface area contributed by atoms with E-state index in [-0.39, 0.29) is 17.4 Å². The summed E-state index contributed by atoms with van der Waals surface area (Å²) in [5, 5.41) is 19.7. The lowest BCUT2D eigenvalue weighted by atomic mass is 9.76. The van der Waals surface area contributed by atoms with Crippen LogP contribution in [0.2, 0.25) is 0 Å². The molecule has 0 aliphatic heterocycles. The van der Waals surface area contributed by atoms with E-state index in [1.54, 1.807) is 0 Å². The lowest BCUT2D eigenvalue weighted by Gasteiger charge is -2.28. The average Bonchev–Trinajstić information content (AvgIpc) is 2.48. The Morgan fingerprint density at radius 3 is 2.21 bits per heavy atom. The third kappa shape index (κ3) is 3.53. The maximum absolute atomic E-state index is 11.4. The van der Waals surface area contributed by atoms with Crippen LogP contribution in [0, 0.1) is 6.92 Å². The van der Waals surface area contributed by atoms with E-state index in [4.69, 9.17) is 4.74 Å². The Hall–Kier alpha value is -2.49. The first kappa shape index (κ1) is 17.9. The van der Waals surface area contributed by atoms with Crippen LogP contribution in [-0.4, -0.2) is 22.3 Å². The van der Waals surface area contributed by atoms with Gasteiger partial charge in [-0.3, -0.25) is 0 Å². The maximum Gasteiger partial charge on any atom is 0.339 e. The van der Waals surface area contributed by atoms with Gasteiger partial charge in [-0.25, -0.2) is 4.79 Å². The summed E-state index contributed by atoms with van der Waals surface area (Å²) in [6, 6.07) is 11.0. The Bertz CT molecular complexity index is 743.